The monoisotopic (exact) mass is 278 g/mol. The van der Waals surface area contributed by atoms with E-state index in [0.29, 0.717) is 10.1 Å². The summed E-state index contributed by atoms with van der Waals surface area (Å²) in [6.07, 6.45) is 0. The Morgan fingerprint density at radius 3 is 2.47 bits per heavy atom. The molecule has 0 saturated heterocycles. The van der Waals surface area contributed by atoms with Gasteiger partial charge < -0.3 is 5.32 Å². The molecule has 0 saturated carbocycles. The van der Waals surface area contributed by atoms with E-state index in [0.717, 1.165) is 11.1 Å². The molecule has 100 valence electrons. The molecular weight excluding hydrogens is 263 g/mol. The normalized spacial score (nSPS) is 16.3. The van der Waals surface area contributed by atoms with E-state index in [1.165, 1.54) is 23.9 Å². The quantitative estimate of drug-likeness (QED) is 0.843. The molecule has 1 aromatic rings. The van der Waals surface area contributed by atoms with Crippen LogP contribution in [-0.2, 0) is 4.79 Å². The minimum atomic E-state index is -0.259. The molecule has 0 spiro atoms. The van der Waals surface area contributed by atoms with Crippen molar-refractivity contribution in [3.63, 3.8) is 0 Å². The lowest BCUT2D eigenvalue weighted by Gasteiger charge is -2.14. The number of hydrogen-bond acceptors (Lipinski definition) is 3. The Kier molecular flexibility index (Phi) is 4.04. The first-order chi connectivity index (χ1) is 8.97. The highest BCUT2D eigenvalue weighted by molar-refractivity contribution is 8.18. The molecule has 1 atom stereocenters. The SMILES string of the molecule is CC(C)=C1SC(N[C@@H](C)c2ccc(F)cc2)=NC1=O. The maximum Gasteiger partial charge on any atom is 0.286 e. The summed E-state index contributed by atoms with van der Waals surface area (Å²) in [6.45, 7) is 5.73. The van der Waals surface area contributed by atoms with Crippen LogP contribution in [-0.4, -0.2) is 11.1 Å². The molecule has 0 bridgehead atoms. The van der Waals surface area contributed by atoms with E-state index in [-0.39, 0.29) is 17.8 Å². The molecule has 3 nitrogen and oxygen atoms in total. The smallest absolute Gasteiger partial charge is 0.286 e. The number of carbonyl (C=O) groups is 1. The van der Waals surface area contributed by atoms with Crippen molar-refractivity contribution in [2.75, 3.05) is 0 Å². The number of halogens is 1. The van der Waals surface area contributed by atoms with Gasteiger partial charge in [0.25, 0.3) is 5.91 Å². The highest BCUT2D eigenvalue weighted by Crippen LogP contribution is 2.29. The van der Waals surface area contributed by atoms with Crippen LogP contribution < -0.4 is 5.32 Å². The van der Waals surface area contributed by atoms with Crippen LogP contribution >= 0.6 is 11.8 Å². The second-order valence-corrected chi connectivity index (χ2v) is 5.57. The molecule has 1 aliphatic rings. The zero-order chi connectivity index (χ0) is 14.0. The fourth-order valence-electron chi connectivity index (χ4n) is 1.70. The van der Waals surface area contributed by atoms with Crippen molar-refractivity contribution in [3.05, 3.63) is 46.1 Å². The Labute approximate surface area is 116 Å². The van der Waals surface area contributed by atoms with Gasteiger partial charge in [0.05, 0.1) is 10.9 Å². The van der Waals surface area contributed by atoms with Crippen molar-refractivity contribution >= 4 is 22.8 Å². The number of amides is 1. The Bertz CT molecular complexity index is 559. The van der Waals surface area contributed by atoms with Gasteiger partial charge in [0.1, 0.15) is 5.82 Å². The van der Waals surface area contributed by atoms with Crippen molar-refractivity contribution in [1.82, 2.24) is 5.32 Å². The number of aliphatic imine (C=N–C) groups is 1. The molecule has 0 aromatic heterocycles. The van der Waals surface area contributed by atoms with Gasteiger partial charge >= 0.3 is 0 Å². The van der Waals surface area contributed by atoms with Crippen LogP contribution in [0.5, 0.6) is 0 Å². The van der Waals surface area contributed by atoms with Gasteiger partial charge in [0.2, 0.25) is 0 Å². The lowest BCUT2D eigenvalue weighted by molar-refractivity contribution is -0.113. The van der Waals surface area contributed by atoms with Crippen LogP contribution in [0.15, 0.2) is 39.7 Å². The number of rotatable bonds is 2. The fraction of sp³-hybridized carbons (Fsp3) is 0.286. The third-order valence-electron chi connectivity index (χ3n) is 2.76. The molecule has 1 aliphatic heterocycles. The molecule has 0 unspecified atom stereocenters. The van der Waals surface area contributed by atoms with E-state index >= 15 is 0 Å². The minimum Gasteiger partial charge on any atom is -0.358 e. The van der Waals surface area contributed by atoms with Gasteiger partial charge in [-0.1, -0.05) is 17.7 Å². The first-order valence-electron chi connectivity index (χ1n) is 5.97. The summed E-state index contributed by atoms with van der Waals surface area (Å²) in [5.41, 5.74) is 1.91. The van der Waals surface area contributed by atoms with Gasteiger partial charge in [0.15, 0.2) is 5.17 Å². The summed E-state index contributed by atoms with van der Waals surface area (Å²) in [5, 5.41) is 3.76. The number of carbonyl (C=O) groups excluding carboxylic acids is 1. The maximum atomic E-state index is 12.8. The lowest BCUT2D eigenvalue weighted by atomic mass is 10.1. The van der Waals surface area contributed by atoms with Gasteiger partial charge in [-0.15, -0.1) is 0 Å². The van der Waals surface area contributed by atoms with Crippen molar-refractivity contribution in [3.8, 4) is 0 Å². The van der Waals surface area contributed by atoms with Crippen LogP contribution in [0.4, 0.5) is 4.39 Å². The van der Waals surface area contributed by atoms with Crippen LogP contribution in [0.1, 0.15) is 32.4 Å². The first kappa shape index (κ1) is 13.8. The summed E-state index contributed by atoms with van der Waals surface area (Å²) in [4.78, 5) is 16.3. The minimum absolute atomic E-state index is 0.0313. The number of amidine groups is 1. The lowest BCUT2D eigenvalue weighted by Crippen LogP contribution is -2.22. The molecule has 0 fully saturated rings. The second-order valence-electron chi connectivity index (χ2n) is 4.57. The van der Waals surface area contributed by atoms with E-state index in [2.05, 4.69) is 10.3 Å². The zero-order valence-corrected chi connectivity index (χ0v) is 11.8. The molecule has 2 rings (SSSR count). The van der Waals surface area contributed by atoms with Gasteiger partial charge in [-0.25, -0.2) is 4.39 Å². The number of benzene rings is 1. The molecule has 1 amide bonds. The summed E-state index contributed by atoms with van der Waals surface area (Å²) in [6, 6.07) is 6.25. The number of nitrogens with one attached hydrogen (secondary N) is 1. The number of allylic oxidation sites excluding steroid dienone is 1. The molecule has 0 aliphatic carbocycles. The van der Waals surface area contributed by atoms with Crippen molar-refractivity contribution < 1.29 is 9.18 Å². The summed E-state index contributed by atoms with van der Waals surface area (Å²) < 4.78 is 12.8. The molecule has 5 heteroatoms. The van der Waals surface area contributed by atoms with E-state index < -0.39 is 0 Å². The fourth-order valence-corrected chi connectivity index (χ4v) is 2.60. The number of nitrogens with zero attached hydrogens (tertiary/aromatic N) is 1. The second kappa shape index (κ2) is 5.57. The molecular formula is C14H15FN2OS. The number of hydrogen-bond donors (Lipinski definition) is 1. The van der Waals surface area contributed by atoms with Crippen LogP contribution in [0.3, 0.4) is 0 Å². The summed E-state index contributed by atoms with van der Waals surface area (Å²) >= 11 is 1.35. The number of thioether (sulfide) groups is 1. The average Bonchev–Trinajstić information content (AvgIpc) is 2.71. The average molecular weight is 278 g/mol. The highest BCUT2D eigenvalue weighted by Gasteiger charge is 2.23. The van der Waals surface area contributed by atoms with Crippen molar-refractivity contribution in [2.24, 2.45) is 4.99 Å². The van der Waals surface area contributed by atoms with Gasteiger partial charge in [-0.2, -0.15) is 4.99 Å². The Morgan fingerprint density at radius 1 is 1.32 bits per heavy atom. The third kappa shape index (κ3) is 3.23. The van der Waals surface area contributed by atoms with Gasteiger partial charge in [0, 0.05) is 0 Å². The Balaban J connectivity index is 2.07. The van der Waals surface area contributed by atoms with Crippen LogP contribution in [0.25, 0.3) is 0 Å². The van der Waals surface area contributed by atoms with Crippen LogP contribution in [0, 0.1) is 5.82 Å². The summed E-state index contributed by atoms with van der Waals surface area (Å²) in [7, 11) is 0. The van der Waals surface area contributed by atoms with Crippen LogP contribution in [0.2, 0.25) is 0 Å². The molecule has 1 aromatic carbocycles. The zero-order valence-electron chi connectivity index (χ0n) is 11.0. The predicted molar refractivity (Wildman–Crippen MR) is 76.4 cm³/mol. The van der Waals surface area contributed by atoms with E-state index in [1.54, 1.807) is 12.1 Å². The molecule has 0 radical (unpaired) electrons. The van der Waals surface area contributed by atoms with Gasteiger partial charge in [-0.05, 0) is 50.2 Å². The summed E-state index contributed by atoms with van der Waals surface area (Å²) in [5.74, 6) is -0.454. The largest absolute Gasteiger partial charge is 0.358 e. The third-order valence-corrected chi connectivity index (χ3v) is 3.95. The van der Waals surface area contributed by atoms with Gasteiger partial charge in [-0.3, -0.25) is 4.79 Å². The van der Waals surface area contributed by atoms with E-state index in [9.17, 15) is 9.18 Å². The highest BCUT2D eigenvalue weighted by atomic mass is 32.2. The first-order valence-corrected chi connectivity index (χ1v) is 6.79. The topological polar surface area (TPSA) is 41.5 Å². The standard InChI is InChI=1S/C14H15FN2OS/c1-8(2)12-13(18)17-14(19-12)16-9(3)10-4-6-11(15)7-5-10/h4-7,9H,1-3H3,(H,16,17,18)/t9-/m0/s1. The van der Waals surface area contributed by atoms with E-state index in [1.807, 2.05) is 20.8 Å². The maximum absolute atomic E-state index is 12.8. The van der Waals surface area contributed by atoms with Crippen molar-refractivity contribution in [1.29, 1.82) is 0 Å². The Hall–Kier alpha value is -1.62. The molecule has 19 heavy (non-hydrogen) atoms. The molecule has 1 heterocycles. The molecule has 1 N–H and O–H groups in total. The predicted octanol–water partition coefficient (Wildman–Crippen LogP) is 3.40. The van der Waals surface area contributed by atoms with Crippen molar-refractivity contribution in [2.45, 2.75) is 26.8 Å². The van der Waals surface area contributed by atoms with E-state index in [4.69, 9.17) is 0 Å². The Morgan fingerprint density at radius 2 is 1.95 bits per heavy atom.